The fourth-order valence-corrected chi connectivity index (χ4v) is 3.65. The fraction of sp³-hybridized carbons (Fsp3) is 0.579. The van der Waals surface area contributed by atoms with Gasteiger partial charge in [-0.05, 0) is 31.2 Å². The second-order valence-electron chi connectivity index (χ2n) is 7.02. The summed E-state index contributed by atoms with van der Waals surface area (Å²) in [6, 6.07) is 9.65. The summed E-state index contributed by atoms with van der Waals surface area (Å²) in [6.07, 6.45) is 3.88. The summed E-state index contributed by atoms with van der Waals surface area (Å²) >= 11 is 0. The Balaban J connectivity index is 0.00000243. The third-order valence-electron chi connectivity index (χ3n) is 5.16. The molecule has 2 saturated heterocycles. The molecule has 3 rings (SSSR count). The number of carbonyl (C=O) groups excluding carboxylic acids is 2. The molecule has 2 aliphatic rings. The highest BCUT2D eigenvalue weighted by Crippen LogP contribution is 2.20. The summed E-state index contributed by atoms with van der Waals surface area (Å²) < 4.78 is 0. The van der Waals surface area contributed by atoms with Crippen molar-refractivity contribution in [3.05, 3.63) is 35.9 Å². The van der Waals surface area contributed by atoms with Gasteiger partial charge in [0.05, 0.1) is 5.92 Å². The van der Waals surface area contributed by atoms with Crippen LogP contribution < -0.4 is 11.1 Å². The van der Waals surface area contributed by atoms with Gasteiger partial charge in [-0.1, -0.05) is 30.3 Å². The van der Waals surface area contributed by atoms with E-state index >= 15 is 0 Å². The topological polar surface area (TPSA) is 78.7 Å². The maximum atomic E-state index is 12.5. The second-order valence-corrected chi connectivity index (χ2v) is 7.02. The first-order chi connectivity index (χ1) is 12.1. The highest BCUT2D eigenvalue weighted by Gasteiger charge is 2.31. The number of carbonyl (C=O) groups is 2. The smallest absolute Gasteiger partial charge is 0.320 e. The predicted octanol–water partition coefficient (Wildman–Crippen LogP) is 2.15. The lowest BCUT2D eigenvalue weighted by Crippen LogP contribution is -2.50. The standard InChI is InChI=1S/C19H28N4O2.ClH/c20-17(15-7-2-1-3-8-15)13-21-18(24)16-9-6-12-23(14-16)19(25)22-10-4-5-11-22;/h1-3,7-8,16-17H,4-6,9-14,20H2,(H,21,24);1H. The highest BCUT2D eigenvalue weighted by atomic mass is 35.5. The van der Waals surface area contributed by atoms with Gasteiger partial charge in [0.1, 0.15) is 0 Å². The molecule has 0 bridgehead atoms. The van der Waals surface area contributed by atoms with Gasteiger partial charge in [0.15, 0.2) is 0 Å². The number of amides is 3. The normalized spacial score (nSPS) is 21.0. The average Bonchev–Trinajstić information content (AvgIpc) is 3.20. The molecule has 0 saturated carbocycles. The van der Waals surface area contributed by atoms with Crippen LogP contribution in [0.5, 0.6) is 0 Å². The number of hydrogen-bond acceptors (Lipinski definition) is 3. The molecule has 2 aliphatic heterocycles. The van der Waals surface area contributed by atoms with Crippen molar-refractivity contribution < 1.29 is 9.59 Å². The molecule has 2 unspecified atom stereocenters. The molecule has 3 amide bonds. The van der Waals surface area contributed by atoms with Crippen molar-refractivity contribution in [3.8, 4) is 0 Å². The molecule has 2 atom stereocenters. The van der Waals surface area contributed by atoms with Gasteiger partial charge in [-0.15, -0.1) is 12.4 Å². The zero-order valence-corrected chi connectivity index (χ0v) is 15.9. The van der Waals surface area contributed by atoms with E-state index in [-0.39, 0.29) is 36.3 Å². The van der Waals surface area contributed by atoms with Crippen LogP contribution in [-0.2, 0) is 4.79 Å². The van der Waals surface area contributed by atoms with Crippen LogP contribution in [-0.4, -0.2) is 54.5 Å². The van der Waals surface area contributed by atoms with E-state index in [9.17, 15) is 9.59 Å². The summed E-state index contributed by atoms with van der Waals surface area (Å²) in [5, 5.41) is 2.96. The minimum atomic E-state index is -0.212. The third-order valence-corrected chi connectivity index (χ3v) is 5.16. The van der Waals surface area contributed by atoms with Crippen molar-refractivity contribution in [3.63, 3.8) is 0 Å². The van der Waals surface area contributed by atoms with Gasteiger partial charge in [-0.3, -0.25) is 4.79 Å². The quantitative estimate of drug-likeness (QED) is 0.840. The Kier molecular flexibility index (Phi) is 7.72. The number of nitrogens with one attached hydrogen (secondary N) is 1. The van der Waals surface area contributed by atoms with E-state index in [0.717, 1.165) is 50.9 Å². The summed E-state index contributed by atoms with van der Waals surface area (Å²) in [5.74, 6) is -0.131. The number of urea groups is 1. The van der Waals surface area contributed by atoms with Crippen molar-refractivity contribution in [1.29, 1.82) is 0 Å². The molecular formula is C19H29ClN4O2. The van der Waals surface area contributed by atoms with Gasteiger partial charge in [0.2, 0.25) is 5.91 Å². The van der Waals surface area contributed by atoms with Crippen LogP contribution >= 0.6 is 12.4 Å². The molecular weight excluding hydrogens is 352 g/mol. The summed E-state index contributed by atoms with van der Waals surface area (Å²) in [7, 11) is 0. The maximum Gasteiger partial charge on any atom is 0.320 e. The molecule has 2 fully saturated rings. The lowest BCUT2D eigenvalue weighted by atomic mass is 9.97. The summed E-state index contributed by atoms with van der Waals surface area (Å²) in [6.45, 7) is 3.38. The van der Waals surface area contributed by atoms with E-state index < -0.39 is 0 Å². The van der Waals surface area contributed by atoms with Crippen molar-refractivity contribution in [2.24, 2.45) is 11.7 Å². The van der Waals surface area contributed by atoms with Crippen LogP contribution in [0.1, 0.15) is 37.3 Å². The van der Waals surface area contributed by atoms with Crippen molar-refractivity contribution in [1.82, 2.24) is 15.1 Å². The lowest BCUT2D eigenvalue weighted by molar-refractivity contribution is -0.126. The summed E-state index contributed by atoms with van der Waals surface area (Å²) in [4.78, 5) is 28.8. The molecule has 7 heteroatoms. The van der Waals surface area contributed by atoms with Crippen molar-refractivity contribution in [2.45, 2.75) is 31.7 Å². The molecule has 26 heavy (non-hydrogen) atoms. The minimum absolute atomic E-state index is 0. The Bertz CT molecular complexity index is 592. The van der Waals surface area contributed by atoms with Crippen LogP contribution in [0.3, 0.4) is 0 Å². The highest BCUT2D eigenvalue weighted by molar-refractivity contribution is 5.85. The number of benzene rings is 1. The number of likely N-dealkylation sites (tertiary alicyclic amines) is 2. The van der Waals surface area contributed by atoms with Gasteiger partial charge in [0, 0.05) is 38.8 Å². The molecule has 1 aromatic carbocycles. The number of piperidine rings is 1. The molecule has 1 aromatic rings. The zero-order chi connectivity index (χ0) is 17.6. The van der Waals surface area contributed by atoms with E-state index in [1.165, 1.54) is 0 Å². The number of nitrogens with two attached hydrogens (primary N) is 1. The van der Waals surface area contributed by atoms with Crippen LogP contribution in [0, 0.1) is 5.92 Å². The largest absolute Gasteiger partial charge is 0.354 e. The van der Waals surface area contributed by atoms with E-state index in [4.69, 9.17) is 5.73 Å². The van der Waals surface area contributed by atoms with Gasteiger partial charge in [-0.25, -0.2) is 4.79 Å². The number of halogens is 1. The molecule has 6 nitrogen and oxygen atoms in total. The first-order valence-electron chi connectivity index (χ1n) is 9.27. The van der Waals surface area contributed by atoms with Gasteiger partial charge in [-0.2, -0.15) is 0 Å². The molecule has 0 aromatic heterocycles. The number of hydrogen-bond donors (Lipinski definition) is 2. The van der Waals surface area contributed by atoms with E-state index in [1.807, 2.05) is 40.1 Å². The first kappa shape index (κ1) is 20.5. The monoisotopic (exact) mass is 380 g/mol. The molecule has 0 radical (unpaired) electrons. The SMILES string of the molecule is Cl.NC(CNC(=O)C1CCCN(C(=O)N2CCCC2)C1)c1ccccc1. The van der Waals surface area contributed by atoms with Gasteiger partial charge in [0.25, 0.3) is 0 Å². The average molecular weight is 381 g/mol. The number of nitrogens with zero attached hydrogens (tertiary/aromatic N) is 2. The van der Waals surface area contributed by atoms with Crippen LogP contribution in [0.15, 0.2) is 30.3 Å². The van der Waals surface area contributed by atoms with Crippen molar-refractivity contribution in [2.75, 3.05) is 32.7 Å². The molecule has 0 aliphatic carbocycles. The fourth-order valence-electron chi connectivity index (χ4n) is 3.65. The Morgan fingerprint density at radius 3 is 2.42 bits per heavy atom. The first-order valence-corrected chi connectivity index (χ1v) is 9.27. The van der Waals surface area contributed by atoms with E-state index in [1.54, 1.807) is 0 Å². The second kappa shape index (κ2) is 9.78. The lowest BCUT2D eigenvalue weighted by Gasteiger charge is -2.34. The summed E-state index contributed by atoms with van der Waals surface area (Å²) in [5.41, 5.74) is 7.16. The number of rotatable bonds is 4. The molecule has 144 valence electrons. The van der Waals surface area contributed by atoms with E-state index in [0.29, 0.717) is 13.1 Å². The third kappa shape index (κ3) is 5.11. The Hall–Kier alpha value is -1.79. The van der Waals surface area contributed by atoms with Crippen LogP contribution in [0.4, 0.5) is 4.79 Å². The van der Waals surface area contributed by atoms with Gasteiger partial charge >= 0.3 is 6.03 Å². The van der Waals surface area contributed by atoms with Crippen LogP contribution in [0.25, 0.3) is 0 Å². The Morgan fingerprint density at radius 2 is 1.73 bits per heavy atom. The Morgan fingerprint density at radius 1 is 1.08 bits per heavy atom. The maximum absolute atomic E-state index is 12.5. The molecule has 0 spiro atoms. The minimum Gasteiger partial charge on any atom is -0.354 e. The Labute approximate surface area is 161 Å². The molecule has 3 N–H and O–H groups in total. The predicted molar refractivity (Wildman–Crippen MR) is 104 cm³/mol. The van der Waals surface area contributed by atoms with E-state index in [2.05, 4.69) is 5.32 Å². The molecule has 2 heterocycles. The zero-order valence-electron chi connectivity index (χ0n) is 15.1. The van der Waals surface area contributed by atoms with Gasteiger partial charge < -0.3 is 20.9 Å². The van der Waals surface area contributed by atoms with Crippen molar-refractivity contribution >= 4 is 24.3 Å². The van der Waals surface area contributed by atoms with Crippen LogP contribution in [0.2, 0.25) is 0 Å².